The van der Waals surface area contributed by atoms with E-state index in [1.54, 1.807) is 64.2 Å². The molecule has 2 saturated heterocycles. The van der Waals surface area contributed by atoms with Gasteiger partial charge >= 0.3 is 13.2 Å². The highest BCUT2D eigenvalue weighted by Gasteiger charge is 2.31. The van der Waals surface area contributed by atoms with Gasteiger partial charge in [-0.3, -0.25) is 19.0 Å². The number of sulfone groups is 1. The number of halogens is 4. The average molecular weight is 1050 g/mol. The highest BCUT2D eigenvalue weighted by atomic mass is 32.2. The van der Waals surface area contributed by atoms with Crippen molar-refractivity contribution in [2.24, 2.45) is 0 Å². The Morgan fingerprint density at radius 3 is 1.39 bits per heavy atom. The zero-order valence-electron chi connectivity index (χ0n) is 39.9. The minimum atomic E-state index is -3.01. The third kappa shape index (κ3) is 9.71. The summed E-state index contributed by atoms with van der Waals surface area (Å²) in [5.74, 6) is 3.74. The predicted molar refractivity (Wildman–Crippen MR) is 276 cm³/mol. The average Bonchev–Trinajstić information content (AvgIpc) is 3.88. The van der Waals surface area contributed by atoms with Crippen LogP contribution in [0.3, 0.4) is 0 Å². The molecule has 0 radical (unpaired) electrons. The van der Waals surface area contributed by atoms with Crippen molar-refractivity contribution in [2.75, 3.05) is 59.0 Å². The number of ether oxygens (including phenoxy) is 2. The van der Waals surface area contributed by atoms with E-state index in [0.29, 0.717) is 72.4 Å². The SMILES string of the molecule is O=c1c2ccc(-c3cnc(N4CCS(=O)(=O)CC4)nc3)cc2n2n1CCCC2c1ccccc1OC(F)F.O=c1c2ccc(-c3cnc(N4CCSCC4)nc3)cc2n2n1CCCC2c1ccccc1OC(F)F. The molecule has 4 aromatic carbocycles. The molecule has 0 bridgehead atoms. The summed E-state index contributed by atoms with van der Waals surface area (Å²) in [4.78, 5) is 48.6. The highest BCUT2D eigenvalue weighted by Crippen LogP contribution is 2.39. The highest BCUT2D eigenvalue weighted by molar-refractivity contribution is 7.99. The molecule has 8 aromatic rings. The maximum atomic E-state index is 13.2. The van der Waals surface area contributed by atoms with Gasteiger partial charge in [-0.1, -0.05) is 48.5 Å². The van der Waals surface area contributed by atoms with Crippen LogP contribution in [0, 0.1) is 0 Å². The third-order valence-electron chi connectivity index (χ3n) is 14.1. The van der Waals surface area contributed by atoms with E-state index in [1.807, 2.05) is 74.8 Å². The van der Waals surface area contributed by atoms with Crippen LogP contribution in [0.25, 0.3) is 44.1 Å². The summed E-state index contributed by atoms with van der Waals surface area (Å²) in [6.07, 6.45) is 9.87. The molecule has 2 fully saturated rings. The van der Waals surface area contributed by atoms with Crippen molar-refractivity contribution in [3.8, 4) is 33.8 Å². The molecule has 2 unspecified atom stereocenters. The molecule has 4 aliphatic heterocycles. The Morgan fingerprint density at radius 1 is 0.541 bits per heavy atom. The zero-order chi connectivity index (χ0) is 51.1. The molecule has 8 heterocycles. The quantitative estimate of drug-likeness (QED) is 0.120. The number of hydrogen-bond acceptors (Lipinski definition) is 13. The summed E-state index contributed by atoms with van der Waals surface area (Å²) >= 11 is 1.94. The van der Waals surface area contributed by atoms with Gasteiger partial charge in [0.15, 0.2) is 9.84 Å². The molecule has 2 atom stereocenters. The van der Waals surface area contributed by atoms with E-state index in [0.717, 1.165) is 71.2 Å². The summed E-state index contributed by atoms with van der Waals surface area (Å²) < 4.78 is 92.8. The monoisotopic (exact) mass is 1050 g/mol. The van der Waals surface area contributed by atoms with E-state index in [4.69, 9.17) is 9.47 Å². The fourth-order valence-electron chi connectivity index (χ4n) is 10.5. The second-order valence-corrected chi connectivity index (χ2v) is 22.0. The second-order valence-electron chi connectivity index (χ2n) is 18.4. The van der Waals surface area contributed by atoms with Gasteiger partial charge in [0.1, 0.15) is 11.5 Å². The first-order chi connectivity index (χ1) is 35.9. The van der Waals surface area contributed by atoms with Gasteiger partial charge in [0.25, 0.3) is 11.1 Å². The largest absolute Gasteiger partial charge is 0.434 e. The number of thioether (sulfide) groups is 1. The van der Waals surface area contributed by atoms with E-state index in [2.05, 4.69) is 24.8 Å². The van der Waals surface area contributed by atoms with Crippen LogP contribution >= 0.6 is 11.8 Å². The number of fused-ring (bicyclic) bond motifs is 6. The van der Waals surface area contributed by atoms with Crippen LogP contribution in [0.2, 0.25) is 0 Å². The van der Waals surface area contributed by atoms with E-state index in [9.17, 15) is 35.6 Å². The summed E-state index contributed by atoms with van der Waals surface area (Å²) in [6.45, 7) is -2.19. The van der Waals surface area contributed by atoms with Crippen molar-refractivity contribution in [2.45, 2.75) is 64.1 Å². The number of rotatable bonds is 10. The third-order valence-corrected chi connectivity index (χ3v) is 16.6. The minimum Gasteiger partial charge on any atom is -0.434 e. The molecule has 0 amide bonds. The van der Waals surface area contributed by atoms with Crippen molar-refractivity contribution < 1.29 is 35.5 Å². The lowest BCUT2D eigenvalue weighted by Crippen LogP contribution is -2.41. The number of anilines is 2. The molecule has 0 N–H and O–H groups in total. The number of benzene rings is 4. The van der Waals surface area contributed by atoms with Crippen molar-refractivity contribution in [3.63, 3.8) is 0 Å². The summed E-state index contributed by atoms with van der Waals surface area (Å²) in [7, 11) is -3.01. The summed E-state index contributed by atoms with van der Waals surface area (Å²) in [5, 5.41) is 1.14. The lowest BCUT2D eigenvalue weighted by atomic mass is 9.99. The number of nitrogens with zero attached hydrogens (tertiary/aromatic N) is 10. The fourth-order valence-corrected chi connectivity index (χ4v) is 12.6. The van der Waals surface area contributed by atoms with E-state index in [1.165, 1.54) is 6.07 Å². The van der Waals surface area contributed by atoms with Gasteiger partial charge in [0, 0.05) is 97.8 Å². The van der Waals surface area contributed by atoms with Gasteiger partial charge in [-0.2, -0.15) is 29.3 Å². The molecule has 4 aromatic heterocycles. The van der Waals surface area contributed by atoms with Crippen LogP contribution in [0.5, 0.6) is 11.5 Å². The Labute approximate surface area is 426 Å². The molecule has 0 aliphatic carbocycles. The molecule has 0 saturated carbocycles. The Bertz CT molecular complexity index is 3570. The van der Waals surface area contributed by atoms with Crippen LogP contribution < -0.4 is 30.4 Å². The Hall–Kier alpha value is -7.20. The molecule has 16 nitrogen and oxygen atoms in total. The summed E-state index contributed by atoms with van der Waals surface area (Å²) in [5.41, 5.74) is 5.76. The second kappa shape index (κ2) is 20.6. The first kappa shape index (κ1) is 49.0. The zero-order valence-corrected chi connectivity index (χ0v) is 41.5. The van der Waals surface area contributed by atoms with Gasteiger partial charge in [0.05, 0.1) is 45.4 Å². The van der Waals surface area contributed by atoms with Crippen molar-refractivity contribution in [1.29, 1.82) is 0 Å². The van der Waals surface area contributed by atoms with Crippen LogP contribution in [-0.2, 0) is 22.9 Å². The van der Waals surface area contributed by atoms with Crippen molar-refractivity contribution in [3.05, 3.63) is 142 Å². The first-order valence-corrected chi connectivity index (χ1v) is 27.4. The normalized spacial score (nSPS) is 18.5. The molecular weight excluding hydrogens is 1000 g/mol. The van der Waals surface area contributed by atoms with Crippen LogP contribution in [-0.4, -0.2) is 109 Å². The number of aromatic nitrogens is 8. The maximum Gasteiger partial charge on any atom is 0.387 e. The smallest absolute Gasteiger partial charge is 0.387 e. The maximum absolute atomic E-state index is 13.2. The predicted octanol–water partition coefficient (Wildman–Crippen LogP) is 8.28. The number of para-hydroxylation sites is 2. The Kier molecular flexibility index (Phi) is 13.7. The van der Waals surface area contributed by atoms with Crippen LogP contribution in [0.1, 0.15) is 48.9 Å². The molecular formula is C52H50F4N10O6S2. The Balaban J connectivity index is 0.000000159. The van der Waals surface area contributed by atoms with E-state index in [-0.39, 0.29) is 46.2 Å². The molecule has 4 aliphatic rings. The van der Waals surface area contributed by atoms with Crippen LogP contribution in [0.4, 0.5) is 29.5 Å². The van der Waals surface area contributed by atoms with Crippen molar-refractivity contribution in [1.82, 2.24) is 38.7 Å². The van der Waals surface area contributed by atoms with E-state index >= 15 is 0 Å². The number of hydrogen-bond donors (Lipinski definition) is 0. The molecule has 0 spiro atoms. The standard InChI is InChI=1S/C26H25F2N5O4S.C26H25F2N5O2S/c27-25(28)37-23-6-2-1-4-19(23)21-5-3-9-32-24(34)20-8-7-17(14-22(20)33(21)32)18-15-29-26(30-16-18)31-10-12-38(35,36)13-11-31;27-25(28)35-23-6-2-1-4-19(23)21-5-3-9-32-24(34)20-8-7-17(14-22(20)33(21)32)18-15-29-26(30-16-18)31-10-12-36-13-11-31/h1-2,4,6-8,14-16,21,25H,3,5,9-13H2;1-2,4,6-8,14-16,21,25H,3,5,9-13H2. The molecule has 22 heteroatoms. The lowest BCUT2D eigenvalue weighted by Gasteiger charge is -2.29. The van der Waals surface area contributed by atoms with Crippen LogP contribution in [0.15, 0.2) is 119 Å². The van der Waals surface area contributed by atoms with Gasteiger partial charge < -0.3 is 19.3 Å². The van der Waals surface area contributed by atoms with Gasteiger partial charge in [-0.15, -0.1) is 0 Å². The number of alkyl halides is 4. The Morgan fingerprint density at radius 2 is 0.959 bits per heavy atom. The lowest BCUT2D eigenvalue weighted by molar-refractivity contribution is -0.0515. The van der Waals surface area contributed by atoms with Gasteiger partial charge in [-0.25, -0.2) is 37.7 Å². The van der Waals surface area contributed by atoms with Gasteiger partial charge in [-0.05, 0) is 73.2 Å². The van der Waals surface area contributed by atoms with Gasteiger partial charge in [0.2, 0.25) is 11.9 Å². The van der Waals surface area contributed by atoms with Crippen molar-refractivity contribution >= 4 is 55.3 Å². The topological polar surface area (TPSA) is 165 Å². The molecule has 12 rings (SSSR count). The molecule has 74 heavy (non-hydrogen) atoms. The fraction of sp³-hybridized carbons (Fsp3) is 0.346. The van der Waals surface area contributed by atoms with E-state index < -0.39 is 23.1 Å². The molecule has 384 valence electrons. The summed E-state index contributed by atoms with van der Waals surface area (Å²) in [6, 6.07) is 24.1. The minimum absolute atomic E-state index is 0.0793. The first-order valence-electron chi connectivity index (χ1n) is 24.4.